The first-order valence-electron chi connectivity index (χ1n) is 24.2. The topological polar surface area (TPSA) is 9.72 Å². The van der Waals surface area contributed by atoms with Crippen molar-refractivity contribution in [3.8, 4) is 0 Å². The largest absolute Gasteiger partial charge is 0.334 e. The lowest BCUT2D eigenvalue weighted by atomic mass is 9.33. The van der Waals surface area contributed by atoms with E-state index in [1.165, 1.54) is 109 Å². The summed E-state index contributed by atoms with van der Waals surface area (Å²) in [5.74, 6) is 0. The van der Waals surface area contributed by atoms with Gasteiger partial charge < -0.3 is 14.7 Å². The van der Waals surface area contributed by atoms with Crippen LogP contribution in [0.3, 0.4) is 0 Å². The van der Waals surface area contributed by atoms with E-state index in [1.807, 2.05) is 0 Å². The monoisotopic (exact) mass is 844 g/mol. The van der Waals surface area contributed by atoms with Crippen LogP contribution in [0.4, 0.5) is 45.5 Å². The van der Waals surface area contributed by atoms with Crippen molar-refractivity contribution in [3.05, 3.63) is 149 Å². The Hall–Kier alpha value is -5.22. The second kappa shape index (κ2) is 14.1. The average Bonchev–Trinajstić information content (AvgIpc) is 3.44. The average molecular weight is 844 g/mol. The fourth-order valence-electron chi connectivity index (χ4n) is 11.9. The Balaban J connectivity index is 1.36. The first-order chi connectivity index (χ1) is 30.0. The second-order valence-corrected chi connectivity index (χ2v) is 24.3. The SMILES string of the molecule is CC(C)(C)c1cccc(N2c3cc(C(C)(C)C)ccc3B3c4ccc(C(C)(C)C)cc4N(c4cccc(C(C)(C)C)c4)c4cc(N5c6ccccc6C6(C)CCCCC56C)cc2c43)c1. The molecule has 1 saturated carbocycles. The molecule has 1 fully saturated rings. The van der Waals surface area contributed by atoms with Gasteiger partial charge in [0, 0.05) is 50.9 Å². The summed E-state index contributed by atoms with van der Waals surface area (Å²) in [5.41, 5.74) is 21.0. The van der Waals surface area contributed by atoms with E-state index >= 15 is 0 Å². The van der Waals surface area contributed by atoms with Crippen LogP contribution in [0.15, 0.2) is 121 Å². The van der Waals surface area contributed by atoms with Gasteiger partial charge in [0.15, 0.2) is 0 Å². The minimum Gasteiger partial charge on any atom is -0.334 e. The van der Waals surface area contributed by atoms with Crippen molar-refractivity contribution in [2.45, 2.75) is 155 Å². The Kier molecular flexibility index (Phi) is 9.44. The van der Waals surface area contributed by atoms with Crippen molar-refractivity contribution in [3.63, 3.8) is 0 Å². The maximum atomic E-state index is 2.79. The second-order valence-electron chi connectivity index (χ2n) is 24.3. The molecule has 0 spiro atoms. The Labute approximate surface area is 386 Å². The maximum Gasteiger partial charge on any atom is 0.252 e. The predicted octanol–water partition coefficient (Wildman–Crippen LogP) is 14.7. The molecule has 3 nitrogen and oxygen atoms in total. The summed E-state index contributed by atoms with van der Waals surface area (Å²) in [5, 5.41) is 0. The van der Waals surface area contributed by atoms with E-state index in [-0.39, 0.29) is 39.3 Å². The molecule has 4 aliphatic rings. The quantitative estimate of drug-likeness (QED) is 0.164. The highest BCUT2D eigenvalue weighted by Gasteiger charge is 2.58. The van der Waals surface area contributed by atoms with E-state index in [9.17, 15) is 0 Å². The minimum absolute atomic E-state index is 0.0104. The van der Waals surface area contributed by atoms with Crippen LogP contribution in [0, 0.1) is 0 Å². The van der Waals surface area contributed by atoms with E-state index < -0.39 is 0 Å². The zero-order chi connectivity index (χ0) is 45.5. The van der Waals surface area contributed by atoms with Crippen LogP contribution in [0.25, 0.3) is 0 Å². The molecule has 64 heavy (non-hydrogen) atoms. The van der Waals surface area contributed by atoms with Gasteiger partial charge in [0.05, 0.1) is 5.54 Å². The van der Waals surface area contributed by atoms with Gasteiger partial charge in [-0.05, 0) is 140 Å². The Morgan fingerprint density at radius 3 is 1.36 bits per heavy atom. The molecule has 3 aliphatic heterocycles. The lowest BCUT2D eigenvalue weighted by Crippen LogP contribution is -2.61. The molecular formula is C60H70BN3. The van der Waals surface area contributed by atoms with E-state index in [0.29, 0.717) is 0 Å². The highest BCUT2D eigenvalue weighted by molar-refractivity contribution is 7.00. The minimum atomic E-state index is -0.0960. The summed E-state index contributed by atoms with van der Waals surface area (Å²) >= 11 is 0. The number of nitrogens with zero attached hydrogens (tertiary/aromatic N) is 3. The third kappa shape index (κ3) is 6.43. The van der Waals surface area contributed by atoms with Gasteiger partial charge in [-0.1, -0.05) is 170 Å². The third-order valence-corrected chi connectivity index (χ3v) is 16.0. The Morgan fingerprint density at radius 2 is 0.875 bits per heavy atom. The van der Waals surface area contributed by atoms with Crippen molar-refractivity contribution >= 4 is 68.6 Å². The van der Waals surface area contributed by atoms with Gasteiger partial charge in [-0.25, -0.2) is 0 Å². The van der Waals surface area contributed by atoms with Crippen LogP contribution in [-0.4, -0.2) is 12.3 Å². The lowest BCUT2D eigenvalue weighted by molar-refractivity contribution is 0.195. The van der Waals surface area contributed by atoms with Crippen LogP contribution < -0.4 is 31.1 Å². The number of anilines is 8. The maximum absolute atomic E-state index is 2.79. The van der Waals surface area contributed by atoms with Crippen LogP contribution in [0.5, 0.6) is 0 Å². The number of para-hydroxylation sites is 1. The highest BCUT2D eigenvalue weighted by Crippen LogP contribution is 2.61. The number of hydrogen-bond acceptors (Lipinski definition) is 3. The lowest BCUT2D eigenvalue weighted by Gasteiger charge is -2.51. The van der Waals surface area contributed by atoms with Crippen LogP contribution in [0.2, 0.25) is 0 Å². The summed E-state index contributed by atoms with van der Waals surface area (Å²) in [4.78, 5) is 8.10. The van der Waals surface area contributed by atoms with Gasteiger partial charge in [0.1, 0.15) is 0 Å². The van der Waals surface area contributed by atoms with Crippen molar-refractivity contribution in [2.24, 2.45) is 0 Å². The molecule has 10 rings (SSSR count). The van der Waals surface area contributed by atoms with Gasteiger partial charge in [-0.15, -0.1) is 0 Å². The van der Waals surface area contributed by atoms with E-state index in [1.54, 1.807) is 0 Å². The van der Waals surface area contributed by atoms with Crippen molar-refractivity contribution in [1.29, 1.82) is 0 Å². The summed E-state index contributed by atoms with van der Waals surface area (Å²) in [6.45, 7) is 33.3. The molecular weight excluding hydrogens is 773 g/mol. The smallest absolute Gasteiger partial charge is 0.252 e. The molecule has 6 aromatic rings. The van der Waals surface area contributed by atoms with Crippen molar-refractivity contribution < 1.29 is 0 Å². The molecule has 3 heterocycles. The van der Waals surface area contributed by atoms with Crippen LogP contribution in [0.1, 0.15) is 150 Å². The molecule has 0 saturated heterocycles. The fourth-order valence-corrected chi connectivity index (χ4v) is 11.9. The summed E-state index contributed by atoms with van der Waals surface area (Å²) in [6, 6.07) is 48.2. The summed E-state index contributed by atoms with van der Waals surface area (Å²) < 4.78 is 0. The number of hydrogen-bond donors (Lipinski definition) is 0. The molecule has 1 aliphatic carbocycles. The molecule has 0 N–H and O–H groups in total. The molecule has 2 unspecified atom stereocenters. The third-order valence-electron chi connectivity index (χ3n) is 16.0. The highest BCUT2D eigenvalue weighted by atomic mass is 15.3. The standard InChI is InChI=1S/C60H70BN3/c1-55(2,3)39-21-19-23-43(33-39)62-50-35-41(57(7,8)9)27-29-47(50)61-48-30-28-42(58(10,11)12)36-51(48)63(44-24-20-22-40(34-44)56(4,5)6)53-38-45(37-52(62)54(53)61)64-49-26-16-15-25-46(49)59(13)31-17-18-32-60(59,64)14/h15-16,19-30,33-38H,17-18,31-32H2,1-14H3. The van der Waals surface area contributed by atoms with E-state index in [0.717, 1.165) is 6.42 Å². The first kappa shape index (κ1) is 42.7. The van der Waals surface area contributed by atoms with Crippen molar-refractivity contribution in [1.82, 2.24) is 0 Å². The fraction of sp³-hybridized carbons (Fsp3) is 0.400. The molecule has 2 atom stereocenters. The Morgan fingerprint density at radius 1 is 0.422 bits per heavy atom. The molecule has 0 radical (unpaired) electrons. The van der Waals surface area contributed by atoms with Crippen LogP contribution in [-0.2, 0) is 27.1 Å². The zero-order valence-electron chi connectivity index (χ0n) is 41.3. The van der Waals surface area contributed by atoms with E-state index in [4.69, 9.17) is 0 Å². The zero-order valence-corrected chi connectivity index (χ0v) is 41.3. The number of rotatable bonds is 3. The molecule has 4 heteroatoms. The van der Waals surface area contributed by atoms with Gasteiger partial charge >= 0.3 is 0 Å². The van der Waals surface area contributed by atoms with Crippen molar-refractivity contribution in [2.75, 3.05) is 14.7 Å². The molecule has 6 aromatic carbocycles. The molecule has 0 bridgehead atoms. The predicted molar refractivity (Wildman–Crippen MR) is 278 cm³/mol. The van der Waals surface area contributed by atoms with E-state index in [2.05, 4.69) is 233 Å². The summed E-state index contributed by atoms with van der Waals surface area (Å²) in [7, 11) is 0. The summed E-state index contributed by atoms with van der Waals surface area (Å²) in [6.07, 6.45) is 4.85. The van der Waals surface area contributed by atoms with Gasteiger partial charge in [0.2, 0.25) is 0 Å². The van der Waals surface area contributed by atoms with Gasteiger partial charge in [-0.2, -0.15) is 0 Å². The van der Waals surface area contributed by atoms with Crippen LogP contribution >= 0.6 is 0 Å². The molecule has 0 aromatic heterocycles. The number of fused-ring (bicyclic) bond motifs is 7. The number of benzene rings is 6. The molecule has 0 amide bonds. The molecule has 328 valence electrons. The normalized spacial score (nSPS) is 20.4. The Bertz CT molecular complexity index is 2690. The van der Waals surface area contributed by atoms with Gasteiger partial charge in [0.25, 0.3) is 6.71 Å². The first-order valence-corrected chi connectivity index (χ1v) is 24.2. The van der Waals surface area contributed by atoms with Gasteiger partial charge in [-0.3, -0.25) is 0 Å².